The van der Waals surface area contributed by atoms with E-state index in [0.29, 0.717) is 10.9 Å². The van der Waals surface area contributed by atoms with Gasteiger partial charge < -0.3 is 15.4 Å². The summed E-state index contributed by atoms with van der Waals surface area (Å²) >= 11 is 1.23. The number of hydrogen-bond donors (Lipinski definition) is 2. The van der Waals surface area contributed by atoms with Gasteiger partial charge in [-0.2, -0.15) is 0 Å². The van der Waals surface area contributed by atoms with E-state index in [1.54, 1.807) is 31.4 Å². The van der Waals surface area contributed by atoms with Gasteiger partial charge in [0.15, 0.2) is 6.61 Å². The number of ether oxygens (including phenoxy) is 1. The van der Waals surface area contributed by atoms with Gasteiger partial charge in [-0.25, -0.2) is 13.6 Å². The first kappa shape index (κ1) is 20.5. The molecule has 9 heteroatoms. The summed E-state index contributed by atoms with van der Waals surface area (Å²) in [5.41, 5.74) is -0.233. The Morgan fingerprint density at radius 2 is 1.93 bits per heavy atom. The van der Waals surface area contributed by atoms with Gasteiger partial charge in [0.1, 0.15) is 17.7 Å². The van der Waals surface area contributed by atoms with Gasteiger partial charge in [0.25, 0.3) is 11.8 Å². The van der Waals surface area contributed by atoms with Gasteiger partial charge >= 0.3 is 5.97 Å². The summed E-state index contributed by atoms with van der Waals surface area (Å²) < 4.78 is 31.3. The van der Waals surface area contributed by atoms with Crippen molar-refractivity contribution in [1.29, 1.82) is 0 Å². The van der Waals surface area contributed by atoms with Crippen LogP contribution < -0.4 is 10.6 Å². The maximum Gasteiger partial charge on any atom is 0.329 e. The minimum atomic E-state index is -0.949. The van der Waals surface area contributed by atoms with Crippen molar-refractivity contribution in [3.05, 3.63) is 52.2 Å². The fraction of sp³-hybridized carbons (Fsp3) is 0.278. The number of amides is 2. The van der Waals surface area contributed by atoms with Crippen molar-refractivity contribution in [2.45, 2.75) is 19.9 Å². The average molecular weight is 396 g/mol. The zero-order valence-corrected chi connectivity index (χ0v) is 15.4. The highest BCUT2D eigenvalue weighted by atomic mass is 32.1. The Hall–Kier alpha value is -2.81. The van der Waals surface area contributed by atoms with Crippen LogP contribution in [0, 0.1) is 17.6 Å². The molecule has 2 N–H and O–H groups in total. The molecule has 0 spiro atoms. The molecule has 1 aromatic heterocycles. The van der Waals surface area contributed by atoms with Crippen molar-refractivity contribution in [1.82, 2.24) is 5.32 Å². The quantitative estimate of drug-likeness (QED) is 0.705. The van der Waals surface area contributed by atoms with Crippen LogP contribution >= 0.6 is 11.3 Å². The maximum absolute atomic E-state index is 13.5. The number of hydrogen-bond acceptors (Lipinski definition) is 5. The van der Waals surface area contributed by atoms with Crippen molar-refractivity contribution in [2.24, 2.45) is 5.92 Å². The largest absolute Gasteiger partial charge is 0.454 e. The van der Waals surface area contributed by atoms with Crippen LogP contribution in [-0.4, -0.2) is 30.4 Å². The van der Waals surface area contributed by atoms with E-state index in [9.17, 15) is 23.2 Å². The van der Waals surface area contributed by atoms with E-state index in [-0.39, 0.29) is 11.6 Å². The molecule has 2 amide bonds. The van der Waals surface area contributed by atoms with Gasteiger partial charge in [0, 0.05) is 6.07 Å². The summed E-state index contributed by atoms with van der Waals surface area (Å²) in [6.07, 6.45) is 0. The van der Waals surface area contributed by atoms with Crippen LogP contribution in [0.1, 0.15) is 23.5 Å². The molecule has 6 nitrogen and oxygen atoms in total. The first-order chi connectivity index (χ1) is 12.8. The van der Waals surface area contributed by atoms with Crippen molar-refractivity contribution < 1.29 is 27.9 Å². The monoisotopic (exact) mass is 396 g/mol. The predicted molar refractivity (Wildman–Crippen MR) is 96.4 cm³/mol. The summed E-state index contributed by atoms with van der Waals surface area (Å²) in [4.78, 5) is 36.6. The van der Waals surface area contributed by atoms with Crippen LogP contribution in [0.25, 0.3) is 0 Å². The Kier molecular flexibility index (Phi) is 7.00. The number of esters is 1. The predicted octanol–water partition coefficient (Wildman–Crippen LogP) is 2.96. The van der Waals surface area contributed by atoms with Crippen LogP contribution in [0.3, 0.4) is 0 Å². The van der Waals surface area contributed by atoms with E-state index in [2.05, 4.69) is 10.6 Å². The summed E-state index contributed by atoms with van der Waals surface area (Å²) in [5, 5.41) is 6.48. The SMILES string of the molecule is CC(C)[C@H](NC(=O)c1cccs1)C(=O)OCC(=O)Nc1ccc(F)cc1F. The fourth-order valence-electron chi connectivity index (χ4n) is 2.12. The van der Waals surface area contributed by atoms with Crippen molar-refractivity contribution >= 4 is 34.8 Å². The number of benzene rings is 1. The highest BCUT2D eigenvalue weighted by molar-refractivity contribution is 7.12. The Labute approximate surface area is 158 Å². The topological polar surface area (TPSA) is 84.5 Å². The first-order valence-corrected chi connectivity index (χ1v) is 8.91. The zero-order valence-electron chi connectivity index (χ0n) is 14.6. The number of carbonyl (C=O) groups is 3. The molecule has 0 saturated heterocycles. The second-order valence-electron chi connectivity index (χ2n) is 5.95. The van der Waals surface area contributed by atoms with Crippen LogP contribution in [0.5, 0.6) is 0 Å². The third-order valence-corrected chi connectivity index (χ3v) is 4.37. The van der Waals surface area contributed by atoms with E-state index in [4.69, 9.17) is 4.74 Å². The molecule has 1 aromatic carbocycles. The van der Waals surface area contributed by atoms with Crippen LogP contribution in [0.15, 0.2) is 35.7 Å². The highest BCUT2D eigenvalue weighted by Gasteiger charge is 2.27. The Balaban J connectivity index is 1.91. The maximum atomic E-state index is 13.5. The number of halogens is 2. The molecular weight excluding hydrogens is 378 g/mol. The summed E-state index contributed by atoms with van der Waals surface area (Å²) in [5.74, 6) is -4.00. The molecular formula is C18H18F2N2O4S. The lowest BCUT2D eigenvalue weighted by Gasteiger charge is -2.20. The van der Waals surface area contributed by atoms with Gasteiger partial charge in [-0.15, -0.1) is 11.3 Å². The van der Waals surface area contributed by atoms with E-state index in [1.807, 2.05) is 0 Å². The van der Waals surface area contributed by atoms with Gasteiger partial charge in [0.2, 0.25) is 0 Å². The molecule has 1 atom stereocenters. The second kappa shape index (κ2) is 9.22. The normalized spacial score (nSPS) is 11.7. The molecule has 1 heterocycles. The average Bonchev–Trinajstić information content (AvgIpc) is 3.14. The number of carbonyl (C=O) groups excluding carboxylic acids is 3. The molecule has 0 aliphatic heterocycles. The summed E-state index contributed by atoms with van der Waals surface area (Å²) in [6, 6.07) is 5.04. The first-order valence-electron chi connectivity index (χ1n) is 8.04. The van der Waals surface area contributed by atoms with Gasteiger partial charge in [0.05, 0.1) is 10.6 Å². The molecule has 27 heavy (non-hydrogen) atoms. The second-order valence-corrected chi connectivity index (χ2v) is 6.90. The van der Waals surface area contributed by atoms with Gasteiger partial charge in [-0.1, -0.05) is 19.9 Å². The number of thiophene rings is 1. The lowest BCUT2D eigenvalue weighted by molar-refractivity contribution is -0.150. The minimum Gasteiger partial charge on any atom is -0.454 e. The van der Waals surface area contributed by atoms with E-state index < -0.39 is 42.1 Å². The Morgan fingerprint density at radius 1 is 1.19 bits per heavy atom. The van der Waals surface area contributed by atoms with Crippen LogP contribution in [0.4, 0.5) is 14.5 Å². The molecule has 2 aromatic rings. The van der Waals surface area contributed by atoms with Gasteiger partial charge in [-0.05, 0) is 29.5 Å². The standard InChI is InChI=1S/C18H18F2N2O4S/c1-10(2)16(22-17(24)14-4-3-7-27-14)18(25)26-9-15(23)21-13-6-5-11(19)8-12(13)20/h3-8,10,16H,9H2,1-2H3,(H,21,23)(H,22,24)/t16-/m0/s1. The number of nitrogens with one attached hydrogen (secondary N) is 2. The third-order valence-electron chi connectivity index (χ3n) is 3.50. The van der Waals surface area contributed by atoms with Crippen molar-refractivity contribution in [2.75, 3.05) is 11.9 Å². The molecule has 0 unspecified atom stereocenters. The Bertz CT molecular complexity index is 825. The van der Waals surface area contributed by atoms with Crippen molar-refractivity contribution in [3.8, 4) is 0 Å². The molecule has 0 radical (unpaired) electrons. The molecule has 0 aliphatic rings. The molecule has 0 saturated carbocycles. The molecule has 2 rings (SSSR count). The number of anilines is 1. The smallest absolute Gasteiger partial charge is 0.329 e. The van der Waals surface area contributed by atoms with Crippen molar-refractivity contribution in [3.63, 3.8) is 0 Å². The van der Waals surface area contributed by atoms with E-state index in [1.165, 1.54) is 11.3 Å². The molecule has 144 valence electrons. The third kappa shape index (κ3) is 5.85. The van der Waals surface area contributed by atoms with Gasteiger partial charge in [-0.3, -0.25) is 9.59 Å². The minimum absolute atomic E-state index is 0.233. The fourth-order valence-corrected chi connectivity index (χ4v) is 2.75. The zero-order chi connectivity index (χ0) is 20.0. The highest BCUT2D eigenvalue weighted by Crippen LogP contribution is 2.15. The summed E-state index contributed by atoms with van der Waals surface area (Å²) in [6.45, 7) is 2.76. The number of rotatable bonds is 7. The Morgan fingerprint density at radius 3 is 2.52 bits per heavy atom. The lowest BCUT2D eigenvalue weighted by atomic mass is 10.0. The lowest BCUT2D eigenvalue weighted by Crippen LogP contribution is -2.45. The molecule has 0 fully saturated rings. The molecule has 0 bridgehead atoms. The van der Waals surface area contributed by atoms with Crippen LogP contribution in [-0.2, 0) is 14.3 Å². The van der Waals surface area contributed by atoms with E-state index in [0.717, 1.165) is 12.1 Å². The van der Waals surface area contributed by atoms with Crippen LogP contribution in [0.2, 0.25) is 0 Å². The summed E-state index contributed by atoms with van der Waals surface area (Å²) in [7, 11) is 0. The molecule has 0 aliphatic carbocycles. The van der Waals surface area contributed by atoms with E-state index >= 15 is 0 Å².